The number of hydrogen-bond donors (Lipinski definition) is 2. The van der Waals surface area contributed by atoms with Crippen LogP contribution >= 0.6 is 0 Å². The van der Waals surface area contributed by atoms with E-state index in [1.807, 2.05) is 0 Å². The lowest BCUT2D eigenvalue weighted by Gasteiger charge is -2.24. The lowest BCUT2D eigenvalue weighted by molar-refractivity contribution is -0.143. The SMILES string of the molecule is O=C(O)[C@@H]1C[C@H]2C[C@@H](C1)[C@H](O)C2. The van der Waals surface area contributed by atoms with Crippen LogP contribution in [0.3, 0.4) is 0 Å². The molecule has 2 rings (SSSR count). The molecule has 0 aromatic rings. The van der Waals surface area contributed by atoms with Crippen LogP contribution in [0.1, 0.15) is 25.7 Å². The Bertz CT molecular complexity index is 200. The first kappa shape index (κ1) is 8.05. The molecule has 2 aliphatic rings. The van der Waals surface area contributed by atoms with Crippen LogP contribution < -0.4 is 0 Å². The van der Waals surface area contributed by atoms with E-state index in [-0.39, 0.29) is 17.9 Å². The van der Waals surface area contributed by atoms with Gasteiger partial charge in [-0.1, -0.05) is 0 Å². The quantitative estimate of drug-likeness (QED) is 0.614. The Labute approximate surface area is 71.4 Å². The molecular weight excluding hydrogens is 156 g/mol. The molecule has 0 amide bonds. The number of aliphatic carboxylic acids is 1. The number of carboxylic acid groups (broad SMARTS) is 1. The topological polar surface area (TPSA) is 57.5 Å². The minimum absolute atomic E-state index is 0.189. The van der Waals surface area contributed by atoms with E-state index in [0.717, 1.165) is 19.3 Å². The molecule has 0 radical (unpaired) electrons. The van der Waals surface area contributed by atoms with Crippen molar-refractivity contribution in [1.82, 2.24) is 0 Å². The van der Waals surface area contributed by atoms with E-state index in [9.17, 15) is 9.90 Å². The summed E-state index contributed by atoms with van der Waals surface area (Å²) in [5.74, 6) is -0.130. The molecule has 2 aliphatic carbocycles. The van der Waals surface area contributed by atoms with Gasteiger partial charge in [-0.15, -0.1) is 0 Å². The number of aliphatic hydroxyl groups excluding tert-OH is 1. The van der Waals surface area contributed by atoms with Gasteiger partial charge >= 0.3 is 5.97 Å². The fourth-order valence-electron chi connectivity index (χ4n) is 2.73. The summed E-state index contributed by atoms with van der Waals surface area (Å²) in [5, 5.41) is 18.3. The van der Waals surface area contributed by atoms with Crippen LogP contribution in [0.4, 0.5) is 0 Å². The Morgan fingerprint density at radius 3 is 2.50 bits per heavy atom. The molecule has 68 valence electrons. The average molecular weight is 170 g/mol. The molecular formula is C9H14O3. The molecule has 12 heavy (non-hydrogen) atoms. The van der Waals surface area contributed by atoms with E-state index in [0.29, 0.717) is 12.3 Å². The first-order valence-electron chi connectivity index (χ1n) is 4.57. The van der Waals surface area contributed by atoms with Gasteiger partial charge < -0.3 is 10.2 Å². The Morgan fingerprint density at radius 1 is 1.17 bits per heavy atom. The van der Waals surface area contributed by atoms with Crippen LogP contribution in [-0.2, 0) is 4.79 Å². The van der Waals surface area contributed by atoms with Crippen LogP contribution in [0.5, 0.6) is 0 Å². The number of hydrogen-bond acceptors (Lipinski definition) is 2. The highest BCUT2D eigenvalue weighted by Gasteiger charge is 2.42. The van der Waals surface area contributed by atoms with Gasteiger partial charge in [-0.25, -0.2) is 0 Å². The van der Waals surface area contributed by atoms with Gasteiger partial charge in [0.15, 0.2) is 0 Å². The van der Waals surface area contributed by atoms with Gasteiger partial charge in [-0.2, -0.15) is 0 Å². The minimum Gasteiger partial charge on any atom is -0.481 e. The molecule has 2 N–H and O–H groups in total. The zero-order valence-corrected chi connectivity index (χ0v) is 6.94. The summed E-state index contributed by atoms with van der Waals surface area (Å²) in [6.07, 6.45) is 3.12. The maximum atomic E-state index is 10.7. The molecule has 0 spiro atoms. The smallest absolute Gasteiger partial charge is 0.306 e. The predicted molar refractivity (Wildman–Crippen MR) is 42.6 cm³/mol. The Morgan fingerprint density at radius 2 is 1.92 bits per heavy atom. The van der Waals surface area contributed by atoms with E-state index >= 15 is 0 Å². The molecule has 2 fully saturated rings. The van der Waals surface area contributed by atoms with Gasteiger partial charge in [0.25, 0.3) is 0 Å². The summed E-state index contributed by atoms with van der Waals surface area (Å²) in [5.41, 5.74) is 0. The molecule has 0 heterocycles. The van der Waals surface area contributed by atoms with Gasteiger partial charge in [0, 0.05) is 0 Å². The number of rotatable bonds is 1. The molecule has 0 unspecified atom stereocenters. The van der Waals surface area contributed by atoms with Crippen molar-refractivity contribution in [2.24, 2.45) is 17.8 Å². The summed E-state index contributed by atoms with van der Waals surface area (Å²) in [6.45, 7) is 0. The highest BCUT2D eigenvalue weighted by Crippen LogP contribution is 2.44. The highest BCUT2D eigenvalue weighted by molar-refractivity contribution is 5.70. The molecule has 0 aliphatic heterocycles. The lowest BCUT2D eigenvalue weighted by atomic mass is 9.81. The van der Waals surface area contributed by atoms with Crippen LogP contribution in [0.25, 0.3) is 0 Å². The third-order valence-corrected chi connectivity index (χ3v) is 3.31. The van der Waals surface area contributed by atoms with E-state index in [4.69, 9.17) is 5.11 Å². The van der Waals surface area contributed by atoms with Crippen molar-refractivity contribution < 1.29 is 15.0 Å². The van der Waals surface area contributed by atoms with Gasteiger partial charge in [0.05, 0.1) is 12.0 Å². The fourth-order valence-corrected chi connectivity index (χ4v) is 2.73. The number of fused-ring (bicyclic) bond motifs is 2. The third kappa shape index (κ3) is 1.22. The van der Waals surface area contributed by atoms with Crippen LogP contribution in [-0.4, -0.2) is 22.3 Å². The third-order valence-electron chi connectivity index (χ3n) is 3.31. The zero-order valence-electron chi connectivity index (χ0n) is 6.94. The molecule has 4 atom stereocenters. The monoisotopic (exact) mass is 170 g/mol. The Balaban J connectivity index is 2.05. The Hall–Kier alpha value is -0.570. The van der Waals surface area contributed by atoms with Crippen LogP contribution in [0, 0.1) is 17.8 Å². The van der Waals surface area contributed by atoms with Crippen molar-refractivity contribution >= 4 is 5.97 Å². The summed E-state index contributed by atoms with van der Waals surface area (Å²) in [6, 6.07) is 0. The summed E-state index contributed by atoms with van der Waals surface area (Å²) >= 11 is 0. The molecule has 2 saturated carbocycles. The van der Waals surface area contributed by atoms with Crippen molar-refractivity contribution in [3.8, 4) is 0 Å². The van der Waals surface area contributed by atoms with E-state index in [1.165, 1.54) is 0 Å². The molecule has 0 saturated heterocycles. The maximum absolute atomic E-state index is 10.7. The normalized spacial score (nSPS) is 46.1. The van der Waals surface area contributed by atoms with Crippen molar-refractivity contribution in [3.63, 3.8) is 0 Å². The molecule has 0 aromatic carbocycles. The maximum Gasteiger partial charge on any atom is 0.306 e. The van der Waals surface area contributed by atoms with Crippen molar-refractivity contribution in [2.75, 3.05) is 0 Å². The number of aliphatic hydroxyl groups is 1. The fraction of sp³-hybridized carbons (Fsp3) is 0.889. The molecule has 3 nitrogen and oxygen atoms in total. The standard InChI is InChI=1S/C9H14O3/c10-8-3-5-1-6(8)4-7(2-5)9(11)12/h5-8,10H,1-4H2,(H,11,12)/t5-,6+,7-,8-/m1/s1. The van der Waals surface area contributed by atoms with Gasteiger partial charge in [-0.3, -0.25) is 4.79 Å². The first-order chi connectivity index (χ1) is 5.66. The number of carbonyl (C=O) groups is 1. The first-order valence-corrected chi connectivity index (χ1v) is 4.57. The minimum atomic E-state index is -0.682. The second-order valence-corrected chi connectivity index (χ2v) is 4.17. The van der Waals surface area contributed by atoms with Gasteiger partial charge in [0.2, 0.25) is 0 Å². The van der Waals surface area contributed by atoms with Crippen LogP contribution in [0.2, 0.25) is 0 Å². The average Bonchev–Trinajstić information content (AvgIpc) is 2.26. The van der Waals surface area contributed by atoms with Crippen LogP contribution in [0.15, 0.2) is 0 Å². The predicted octanol–water partition coefficient (Wildman–Crippen LogP) is 0.868. The summed E-state index contributed by atoms with van der Waals surface area (Å²) < 4.78 is 0. The van der Waals surface area contributed by atoms with E-state index in [2.05, 4.69) is 0 Å². The Kier molecular flexibility index (Phi) is 1.83. The second kappa shape index (κ2) is 2.73. The molecule has 2 bridgehead atoms. The highest BCUT2D eigenvalue weighted by atomic mass is 16.4. The van der Waals surface area contributed by atoms with Gasteiger partial charge in [-0.05, 0) is 37.5 Å². The summed E-state index contributed by atoms with van der Waals surface area (Å²) in [4.78, 5) is 10.7. The van der Waals surface area contributed by atoms with Crippen molar-refractivity contribution in [1.29, 1.82) is 0 Å². The second-order valence-electron chi connectivity index (χ2n) is 4.17. The van der Waals surface area contributed by atoms with E-state index in [1.54, 1.807) is 0 Å². The van der Waals surface area contributed by atoms with Crippen molar-refractivity contribution in [2.45, 2.75) is 31.8 Å². The van der Waals surface area contributed by atoms with Crippen molar-refractivity contribution in [3.05, 3.63) is 0 Å². The lowest BCUT2D eigenvalue weighted by Crippen LogP contribution is -2.25. The van der Waals surface area contributed by atoms with E-state index < -0.39 is 5.97 Å². The zero-order chi connectivity index (χ0) is 8.72. The number of carboxylic acids is 1. The summed E-state index contributed by atoms with van der Waals surface area (Å²) in [7, 11) is 0. The largest absolute Gasteiger partial charge is 0.481 e. The van der Waals surface area contributed by atoms with Gasteiger partial charge in [0.1, 0.15) is 0 Å². The molecule has 0 aromatic heterocycles. The molecule has 3 heteroatoms.